The predicted molar refractivity (Wildman–Crippen MR) is 66.5 cm³/mol. The summed E-state index contributed by atoms with van der Waals surface area (Å²) in [5, 5.41) is 0.479. The van der Waals surface area contributed by atoms with Gasteiger partial charge in [0.15, 0.2) is 0 Å². The highest BCUT2D eigenvalue weighted by molar-refractivity contribution is 6.32. The molecule has 1 aromatic carbocycles. The van der Waals surface area contributed by atoms with Crippen molar-refractivity contribution in [3.05, 3.63) is 46.1 Å². The fourth-order valence-corrected chi connectivity index (χ4v) is 1.73. The van der Waals surface area contributed by atoms with E-state index >= 15 is 0 Å². The first-order chi connectivity index (χ1) is 8.22. The standard InChI is InChI=1S/C12H11ClN2O2/c1-2-17-11-4-3-8(5-10(11)13)9-6-14-7-15-12(9)16/h3-7H,2H2,1H3,(H,14,15,16). The summed E-state index contributed by atoms with van der Waals surface area (Å²) in [5.41, 5.74) is 1.01. The molecule has 0 fully saturated rings. The molecule has 0 saturated heterocycles. The van der Waals surface area contributed by atoms with Crippen molar-refractivity contribution in [2.75, 3.05) is 6.61 Å². The van der Waals surface area contributed by atoms with Crippen LogP contribution in [-0.4, -0.2) is 16.6 Å². The molecule has 0 aliphatic carbocycles. The first kappa shape index (κ1) is 11.7. The first-order valence-corrected chi connectivity index (χ1v) is 5.55. The van der Waals surface area contributed by atoms with Gasteiger partial charge in [0.05, 0.1) is 23.5 Å². The molecule has 0 amide bonds. The highest BCUT2D eigenvalue weighted by Gasteiger charge is 2.07. The zero-order valence-corrected chi connectivity index (χ0v) is 9.99. The van der Waals surface area contributed by atoms with Gasteiger partial charge in [0.1, 0.15) is 5.75 Å². The molecule has 0 aliphatic heterocycles. The minimum Gasteiger partial charge on any atom is -0.492 e. The van der Waals surface area contributed by atoms with Crippen molar-refractivity contribution in [2.45, 2.75) is 6.92 Å². The zero-order valence-electron chi connectivity index (χ0n) is 9.24. The SMILES string of the molecule is CCOc1ccc(-c2cnc[nH]c2=O)cc1Cl. The minimum absolute atomic E-state index is 0.194. The van der Waals surface area contributed by atoms with Crippen LogP contribution >= 0.6 is 11.6 Å². The monoisotopic (exact) mass is 250 g/mol. The lowest BCUT2D eigenvalue weighted by molar-refractivity contribution is 0.340. The molecule has 0 aliphatic rings. The molecule has 0 spiro atoms. The summed E-state index contributed by atoms with van der Waals surface area (Å²) in [5.74, 6) is 0.609. The number of aromatic nitrogens is 2. The van der Waals surface area contributed by atoms with E-state index in [9.17, 15) is 4.79 Å². The molecular weight excluding hydrogens is 240 g/mol. The van der Waals surface area contributed by atoms with E-state index in [1.165, 1.54) is 12.5 Å². The Morgan fingerprint density at radius 3 is 2.94 bits per heavy atom. The lowest BCUT2D eigenvalue weighted by Crippen LogP contribution is -2.08. The zero-order chi connectivity index (χ0) is 12.3. The Balaban J connectivity index is 2.45. The third-order valence-corrected chi connectivity index (χ3v) is 2.56. The normalized spacial score (nSPS) is 10.2. The van der Waals surface area contributed by atoms with Crippen LogP contribution in [0.1, 0.15) is 6.92 Å². The second-order valence-corrected chi connectivity index (χ2v) is 3.78. The van der Waals surface area contributed by atoms with Gasteiger partial charge in [0.25, 0.3) is 5.56 Å². The van der Waals surface area contributed by atoms with E-state index in [4.69, 9.17) is 16.3 Å². The maximum absolute atomic E-state index is 11.6. The molecule has 2 aromatic rings. The lowest BCUT2D eigenvalue weighted by atomic mass is 10.1. The van der Waals surface area contributed by atoms with Gasteiger partial charge in [-0.05, 0) is 24.6 Å². The van der Waals surface area contributed by atoms with Crippen LogP contribution in [0.5, 0.6) is 5.75 Å². The molecule has 0 radical (unpaired) electrons. The number of ether oxygens (including phenoxy) is 1. The molecule has 0 unspecified atom stereocenters. The number of halogens is 1. The van der Waals surface area contributed by atoms with Gasteiger partial charge >= 0.3 is 0 Å². The second-order valence-electron chi connectivity index (χ2n) is 3.37. The number of nitrogens with one attached hydrogen (secondary N) is 1. The van der Waals surface area contributed by atoms with Crippen molar-refractivity contribution in [3.8, 4) is 16.9 Å². The van der Waals surface area contributed by atoms with Crippen LogP contribution in [0.15, 0.2) is 35.5 Å². The molecule has 17 heavy (non-hydrogen) atoms. The third-order valence-electron chi connectivity index (χ3n) is 2.26. The van der Waals surface area contributed by atoms with Crippen LogP contribution in [0.2, 0.25) is 5.02 Å². The number of hydrogen-bond donors (Lipinski definition) is 1. The average Bonchev–Trinajstić information content (AvgIpc) is 2.33. The molecule has 0 atom stereocenters. The van der Waals surface area contributed by atoms with Gasteiger partial charge in [-0.3, -0.25) is 4.79 Å². The highest BCUT2D eigenvalue weighted by Crippen LogP contribution is 2.28. The number of nitrogens with zero attached hydrogens (tertiary/aromatic N) is 1. The molecule has 1 N–H and O–H groups in total. The lowest BCUT2D eigenvalue weighted by Gasteiger charge is -2.07. The molecule has 5 heteroatoms. The van der Waals surface area contributed by atoms with Crippen LogP contribution in [0.4, 0.5) is 0 Å². The number of aromatic amines is 1. The Labute approximate surface area is 103 Å². The number of H-pyrrole nitrogens is 1. The largest absolute Gasteiger partial charge is 0.492 e. The second kappa shape index (κ2) is 5.01. The Morgan fingerprint density at radius 1 is 1.47 bits per heavy atom. The van der Waals surface area contributed by atoms with Crippen LogP contribution in [-0.2, 0) is 0 Å². The van der Waals surface area contributed by atoms with Gasteiger partial charge in [-0.1, -0.05) is 17.7 Å². The van der Waals surface area contributed by atoms with E-state index in [-0.39, 0.29) is 5.56 Å². The molecule has 0 bridgehead atoms. The number of rotatable bonds is 3. The first-order valence-electron chi connectivity index (χ1n) is 5.17. The van der Waals surface area contributed by atoms with Crippen molar-refractivity contribution in [1.29, 1.82) is 0 Å². The van der Waals surface area contributed by atoms with Crippen molar-refractivity contribution in [3.63, 3.8) is 0 Å². The maximum atomic E-state index is 11.6. The van der Waals surface area contributed by atoms with Gasteiger partial charge in [-0.25, -0.2) is 4.98 Å². The molecule has 0 saturated carbocycles. The summed E-state index contributed by atoms with van der Waals surface area (Å²) in [4.78, 5) is 18.0. The highest BCUT2D eigenvalue weighted by atomic mass is 35.5. The fourth-order valence-electron chi connectivity index (χ4n) is 1.49. The summed E-state index contributed by atoms with van der Waals surface area (Å²) >= 11 is 6.05. The van der Waals surface area contributed by atoms with Gasteiger partial charge in [-0.15, -0.1) is 0 Å². The summed E-state index contributed by atoms with van der Waals surface area (Å²) in [6.45, 7) is 2.43. The van der Waals surface area contributed by atoms with Gasteiger partial charge in [0, 0.05) is 6.20 Å². The smallest absolute Gasteiger partial charge is 0.258 e. The van der Waals surface area contributed by atoms with Gasteiger partial charge in [-0.2, -0.15) is 0 Å². The van der Waals surface area contributed by atoms with Crippen molar-refractivity contribution in [2.24, 2.45) is 0 Å². The van der Waals surface area contributed by atoms with Crippen molar-refractivity contribution >= 4 is 11.6 Å². The Morgan fingerprint density at radius 2 is 2.29 bits per heavy atom. The van der Waals surface area contributed by atoms with E-state index in [0.717, 1.165) is 0 Å². The van der Waals surface area contributed by atoms with Crippen LogP contribution in [0.3, 0.4) is 0 Å². The molecule has 2 rings (SSSR count). The van der Waals surface area contributed by atoms with Gasteiger partial charge < -0.3 is 9.72 Å². The van der Waals surface area contributed by atoms with Crippen LogP contribution in [0, 0.1) is 0 Å². The molecular formula is C12H11ClN2O2. The minimum atomic E-state index is -0.194. The quantitative estimate of drug-likeness (QED) is 0.911. The van der Waals surface area contributed by atoms with Crippen LogP contribution < -0.4 is 10.3 Å². The molecule has 88 valence electrons. The topological polar surface area (TPSA) is 55.0 Å². The summed E-state index contributed by atoms with van der Waals surface area (Å²) in [7, 11) is 0. The summed E-state index contributed by atoms with van der Waals surface area (Å²) in [6.07, 6.45) is 2.85. The third kappa shape index (κ3) is 2.47. The molecule has 1 aromatic heterocycles. The maximum Gasteiger partial charge on any atom is 0.258 e. The van der Waals surface area contributed by atoms with Gasteiger partial charge in [0.2, 0.25) is 0 Å². The Bertz CT molecular complexity index is 581. The Hall–Kier alpha value is -1.81. The molecule has 1 heterocycles. The van der Waals surface area contributed by atoms with E-state index in [1.54, 1.807) is 18.2 Å². The Kier molecular flexibility index (Phi) is 3.44. The van der Waals surface area contributed by atoms with E-state index in [2.05, 4.69) is 9.97 Å². The summed E-state index contributed by atoms with van der Waals surface area (Å²) < 4.78 is 5.32. The number of hydrogen-bond acceptors (Lipinski definition) is 3. The van der Waals surface area contributed by atoms with E-state index in [1.807, 2.05) is 6.92 Å². The number of benzene rings is 1. The van der Waals surface area contributed by atoms with Crippen molar-refractivity contribution in [1.82, 2.24) is 9.97 Å². The predicted octanol–water partition coefficient (Wildman–Crippen LogP) is 2.49. The molecule has 4 nitrogen and oxygen atoms in total. The van der Waals surface area contributed by atoms with E-state index < -0.39 is 0 Å². The van der Waals surface area contributed by atoms with E-state index in [0.29, 0.717) is 28.5 Å². The fraction of sp³-hybridized carbons (Fsp3) is 0.167. The van der Waals surface area contributed by atoms with Crippen LogP contribution in [0.25, 0.3) is 11.1 Å². The average molecular weight is 251 g/mol. The summed E-state index contributed by atoms with van der Waals surface area (Å²) in [6, 6.07) is 5.22. The van der Waals surface area contributed by atoms with Crippen molar-refractivity contribution < 1.29 is 4.74 Å².